The standard InChI is InChI=1S/C17H29N3/c1-3-15(18)13-14-9-8-12-19-17(14)20(2)16-10-6-4-5-7-11-16/h8-9,12,15-16H,3-7,10-11,13,18H2,1-2H3. The normalized spacial score (nSPS) is 18.6. The van der Waals surface area contributed by atoms with Gasteiger partial charge in [0, 0.05) is 25.3 Å². The van der Waals surface area contributed by atoms with E-state index >= 15 is 0 Å². The molecule has 3 heteroatoms. The Morgan fingerprint density at radius 2 is 2.00 bits per heavy atom. The lowest BCUT2D eigenvalue weighted by Crippen LogP contribution is -2.33. The average molecular weight is 275 g/mol. The number of rotatable bonds is 5. The zero-order valence-corrected chi connectivity index (χ0v) is 13.0. The average Bonchev–Trinajstić information content (AvgIpc) is 2.76. The van der Waals surface area contributed by atoms with E-state index in [2.05, 4.69) is 29.9 Å². The zero-order valence-electron chi connectivity index (χ0n) is 13.0. The van der Waals surface area contributed by atoms with E-state index in [1.807, 2.05) is 12.3 Å². The van der Waals surface area contributed by atoms with Gasteiger partial charge in [-0.05, 0) is 37.3 Å². The molecule has 0 aromatic carbocycles. The molecule has 1 aliphatic carbocycles. The minimum Gasteiger partial charge on any atom is -0.356 e. The van der Waals surface area contributed by atoms with Crippen molar-refractivity contribution in [2.45, 2.75) is 70.4 Å². The van der Waals surface area contributed by atoms with Gasteiger partial charge in [-0.2, -0.15) is 0 Å². The lowest BCUT2D eigenvalue weighted by atomic mass is 10.0. The van der Waals surface area contributed by atoms with Gasteiger partial charge in [-0.1, -0.05) is 38.7 Å². The van der Waals surface area contributed by atoms with E-state index in [9.17, 15) is 0 Å². The van der Waals surface area contributed by atoms with Gasteiger partial charge >= 0.3 is 0 Å². The highest BCUT2D eigenvalue weighted by atomic mass is 15.2. The van der Waals surface area contributed by atoms with Crippen LogP contribution in [-0.2, 0) is 6.42 Å². The molecule has 112 valence electrons. The van der Waals surface area contributed by atoms with Crippen LogP contribution in [0.15, 0.2) is 18.3 Å². The highest BCUT2D eigenvalue weighted by Crippen LogP contribution is 2.26. The van der Waals surface area contributed by atoms with Crippen molar-refractivity contribution in [3.8, 4) is 0 Å². The maximum atomic E-state index is 6.13. The number of nitrogens with two attached hydrogens (primary N) is 1. The van der Waals surface area contributed by atoms with E-state index < -0.39 is 0 Å². The molecule has 3 nitrogen and oxygen atoms in total. The van der Waals surface area contributed by atoms with Gasteiger partial charge in [-0.25, -0.2) is 4.98 Å². The summed E-state index contributed by atoms with van der Waals surface area (Å²) in [6.45, 7) is 2.15. The van der Waals surface area contributed by atoms with Crippen LogP contribution >= 0.6 is 0 Å². The van der Waals surface area contributed by atoms with Crippen LogP contribution in [0.5, 0.6) is 0 Å². The molecule has 1 fully saturated rings. The lowest BCUT2D eigenvalue weighted by molar-refractivity contribution is 0.545. The van der Waals surface area contributed by atoms with Crippen LogP contribution in [0.25, 0.3) is 0 Å². The Morgan fingerprint density at radius 1 is 1.30 bits per heavy atom. The predicted molar refractivity (Wildman–Crippen MR) is 86.1 cm³/mol. The Morgan fingerprint density at radius 3 is 2.65 bits per heavy atom. The van der Waals surface area contributed by atoms with Crippen molar-refractivity contribution in [2.75, 3.05) is 11.9 Å². The van der Waals surface area contributed by atoms with Gasteiger partial charge in [-0.15, -0.1) is 0 Å². The molecule has 0 radical (unpaired) electrons. The van der Waals surface area contributed by atoms with Crippen LogP contribution in [-0.4, -0.2) is 24.1 Å². The summed E-state index contributed by atoms with van der Waals surface area (Å²) in [5.74, 6) is 1.14. The maximum absolute atomic E-state index is 6.13. The summed E-state index contributed by atoms with van der Waals surface area (Å²) in [6.07, 6.45) is 11.9. The SMILES string of the molecule is CCC(N)Cc1cccnc1N(C)C1CCCCCC1. The van der Waals surface area contributed by atoms with Crippen molar-refractivity contribution in [1.29, 1.82) is 0 Å². The van der Waals surface area contributed by atoms with Crippen LogP contribution in [0.2, 0.25) is 0 Å². The van der Waals surface area contributed by atoms with E-state index in [-0.39, 0.29) is 6.04 Å². The lowest BCUT2D eigenvalue weighted by Gasteiger charge is -2.30. The third kappa shape index (κ3) is 3.95. The van der Waals surface area contributed by atoms with E-state index in [0.717, 1.165) is 18.7 Å². The van der Waals surface area contributed by atoms with Gasteiger partial charge < -0.3 is 10.6 Å². The van der Waals surface area contributed by atoms with Crippen LogP contribution in [0.3, 0.4) is 0 Å². The smallest absolute Gasteiger partial charge is 0.131 e. The number of nitrogens with zero attached hydrogens (tertiary/aromatic N) is 2. The first-order chi connectivity index (χ1) is 9.72. The molecule has 1 heterocycles. The van der Waals surface area contributed by atoms with Crippen molar-refractivity contribution >= 4 is 5.82 Å². The van der Waals surface area contributed by atoms with Crippen molar-refractivity contribution in [2.24, 2.45) is 5.73 Å². The quantitative estimate of drug-likeness (QED) is 0.836. The molecule has 1 aliphatic rings. The van der Waals surface area contributed by atoms with E-state index in [4.69, 9.17) is 5.73 Å². The minimum absolute atomic E-state index is 0.237. The molecule has 2 rings (SSSR count). The van der Waals surface area contributed by atoms with E-state index in [1.54, 1.807) is 0 Å². The zero-order chi connectivity index (χ0) is 14.4. The number of anilines is 1. The first-order valence-corrected chi connectivity index (χ1v) is 8.14. The summed E-state index contributed by atoms with van der Waals surface area (Å²) in [6, 6.07) is 5.09. The molecule has 0 aliphatic heterocycles. The van der Waals surface area contributed by atoms with E-state index in [0.29, 0.717) is 6.04 Å². The number of aromatic nitrogens is 1. The fraction of sp³-hybridized carbons (Fsp3) is 0.706. The Labute approximate surface area is 123 Å². The van der Waals surface area contributed by atoms with Crippen LogP contribution in [0.4, 0.5) is 5.82 Å². The first kappa shape index (κ1) is 15.3. The second-order valence-corrected chi connectivity index (χ2v) is 6.11. The summed E-state index contributed by atoms with van der Waals surface area (Å²) in [5, 5.41) is 0. The Balaban J connectivity index is 2.13. The summed E-state index contributed by atoms with van der Waals surface area (Å²) in [7, 11) is 2.21. The third-order valence-electron chi connectivity index (χ3n) is 4.58. The van der Waals surface area contributed by atoms with Crippen molar-refractivity contribution in [3.63, 3.8) is 0 Å². The molecule has 0 saturated heterocycles. The summed E-state index contributed by atoms with van der Waals surface area (Å²) in [5.41, 5.74) is 7.43. The molecule has 1 atom stereocenters. The Kier molecular flexibility index (Phi) is 5.84. The van der Waals surface area contributed by atoms with Gasteiger partial charge in [0.15, 0.2) is 0 Å². The minimum atomic E-state index is 0.237. The van der Waals surface area contributed by atoms with Crippen molar-refractivity contribution < 1.29 is 0 Å². The molecule has 0 amide bonds. The molecular formula is C17H29N3. The van der Waals surface area contributed by atoms with Gasteiger partial charge in [0.2, 0.25) is 0 Å². The summed E-state index contributed by atoms with van der Waals surface area (Å²) >= 11 is 0. The van der Waals surface area contributed by atoms with Crippen molar-refractivity contribution in [1.82, 2.24) is 4.98 Å². The molecule has 1 aromatic rings. The topological polar surface area (TPSA) is 42.1 Å². The Hall–Kier alpha value is -1.09. The van der Waals surface area contributed by atoms with Gasteiger partial charge in [0.25, 0.3) is 0 Å². The van der Waals surface area contributed by atoms with Crippen molar-refractivity contribution in [3.05, 3.63) is 23.9 Å². The fourth-order valence-electron chi connectivity index (χ4n) is 3.15. The third-order valence-corrected chi connectivity index (χ3v) is 4.58. The fourth-order valence-corrected chi connectivity index (χ4v) is 3.15. The summed E-state index contributed by atoms with van der Waals surface area (Å²) < 4.78 is 0. The molecule has 1 aromatic heterocycles. The number of hydrogen-bond acceptors (Lipinski definition) is 3. The Bertz CT molecular complexity index is 397. The van der Waals surface area contributed by atoms with Crippen LogP contribution in [0.1, 0.15) is 57.4 Å². The number of pyridine rings is 1. The second kappa shape index (κ2) is 7.63. The first-order valence-electron chi connectivity index (χ1n) is 8.14. The summed E-state index contributed by atoms with van der Waals surface area (Å²) in [4.78, 5) is 7.05. The van der Waals surface area contributed by atoms with Gasteiger partial charge in [-0.3, -0.25) is 0 Å². The van der Waals surface area contributed by atoms with Gasteiger partial charge in [0.1, 0.15) is 5.82 Å². The predicted octanol–water partition coefficient (Wildman–Crippen LogP) is 3.52. The van der Waals surface area contributed by atoms with Gasteiger partial charge in [0.05, 0.1) is 0 Å². The monoisotopic (exact) mass is 275 g/mol. The molecule has 2 N–H and O–H groups in total. The molecule has 0 bridgehead atoms. The van der Waals surface area contributed by atoms with E-state index in [1.165, 1.54) is 44.1 Å². The second-order valence-electron chi connectivity index (χ2n) is 6.11. The highest BCUT2D eigenvalue weighted by Gasteiger charge is 2.20. The molecule has 1 unspecified atom stereocenters. The van der Waals surface area contributed by atoms with Crippen LogP contribution < -0.4 is 10.6 Å². The highest BCUT2D eigenvalue weighted by molar-refractivity contribution is 5.47. The molecule has 20 heavy (non-hydrogen) atoms. The number of hydrogen-bond donors (Lipinski definition) is 1. The maximum Gasteiger partial charge on any atom is 0.131 e. The van der Waals surface area contributed by atoms with Crippen LogP contribution in [0, 0.1) is 0 Å². The molecular weight excluding hydrogens is 246 g/mol. The molecule has 1 saturated carbocycles. The largest absolute Gasteiger partial charge is 0.356 e. The molecule has 0 spiro atoms.